The second kappa shape index (κ2) is 6.11. The Labute approximate surface area is 59.9 Å². The van der Waals surface area contributed by atoms with E-state index in [1.165, 1.54) is 0 Å². The predicted molar refractivity (Wildman–Crippen MR) is 38.5 cm³/mol. The minimum absolute atomic E-state index is 0.336. The van der Waals surface area contributed by atoms with Gasteiger partial charge in [-0.05, 0) is 17.9 Å². The first-order valence-electron chi connectivity index (χ1n) is 3.25. The normalized spacial score (nSPS) is 11.7. The van der Waals surface area contributed by atoms with Gasteiger partial charge in [-0.3, -0.25) is 0 Å². The highest BCUT2D eigenvalue weighted by Crippen LogP contribution is 2.04. The van der Waals surface area contributed by atoms with E-state index in [4.69, 9.17) is 5.53 Å². The van der Waals surface area contributed by atoms with E-state index in [1.807, 2.05) is 6.92 Å². The van der Waals surface area contributed by atoms with E-state index in [0.29, 0.717) is 18.9 Å². The van der Waals surface area contributed by atoms with Crippen LogP contribution in [0.1, 0.15) is 19.8 Å². The van der Waals surface area contributed by atoms with Gasteiger partial charge in [-0.1, -0.05) is 12.0 Å². The summed E-state index contributed by atoms with van der Waals surface area (Å²) in [6, 6.07) is 0. The highest BCUT2D eigenvalue weighted by molar-refractivity contribution is 5.49. The third kappa shape index (κ3) is 5.12. The zero-order valence-corrected chi connectivity index (χ0v) is 6.03. The minimum atomic E-state index is 0.336. The van der Waals surface area contributed by atoms with Crippen molar-refractivity contribution in [3.63, 3.8) is 0 Å². The molecule has 4 nitrogen and oxygen atoms in total. The minimum Gasteiger partial charge on any atom is -0.303 e. The summed E-state index contributed by atoms with van der Waals surface area (Å²) in [5.74, 6) is 0.336. The highest BCUT2D eigenvalue weighted by Gasteiger charge is 1.97. The maximum atomic E-state index is 9.94. The fraction of sp³-hybridized carbons (Fsp3) is 0.833. The Balaban J connectivity index is 3.28. The van der Waals surface area contributed by atoms with Crippen molar-refractivity contribution >= 4 is 6.29 Å². The van der Waals surface area contributed by atoms with Crippen molar-refractivity contribution in [1.29, 1.82) is 0 Å². The molecule has 0 aromatic rings. The smallest absolute Gasteiger partial charge is 0.120 e. The van der Waals surface area contributed by atoms with Gasteiger partial charge in [0, 0.05) is 17.9 Å². The van der Waals surface area contributed by atoms with Crippen LogP contribution in [-0.4, -0.2) is 12.8 Å². The summed E-state index contributed by atoms with van der Waals surface area (Å²) in [6.07, 6.45) is 2.24. The molecule has 0 heterocycles. The standard InChI is InChI=1S/C6H11N3O/c1-6(3-5-10)2-4-8-9-7/h5-6H,2-4H2,1H3. The lowest BCUT2D eigenvalue weighted by Gasteiger charge is -2.01. The second-order valence-corrected chi connectivity index (χ2v) is 2.25. The van der Waals surface area contributed by atoms with Gasteiger partial charge in [0.1, 0.15) is 6.29 Å². The highest BCUT2D eigenvalue weighted by atomic mass is 16.1. The van der Waals surface area contributed by atoms with Gasteiger partial charge >= 0.3 is 0 Å². The van der Waals surface area contributed by atoms with Gasteiger partial charge in [0.15, 0.2) is 0 Å². The Morgan fingerprint density at radius 1 is 1.80 bits per heavy atom. The van der Waals surface area contributed by atoms with Gasteiger partial charge in [0.2, 0.25) is 0 Å². The first-order valence-corrected chi connectivity index (χ1v) is 3.25. The molecule has 0 amide bonds. The molecule has 0 radical (unpaired) electrons. The van der Waals surface area contributed by atoms with Crippen LogP contribution in [0.5, 0.6) is 0 Å². The zero-order chi connectivity index (χ0) is 7.82. The van der Waals surface area contributed by atoms with E-state index >= 15 is 0 Å². The van der Waals surface area contributed by atoms with E-state index in [2.05, 4.69) is 10.0 Å². The van der Waals surface area contributed by atoms with Crippen LogP contribution in [0.15, 0.2) is 5.11 Å². The summed E-state index contributed by atoms with van der Waals surface area (Å²) in [7, 11) is 0. The lowest BCUT2D eigenvalue weighted by molar-refractivity contribution is -0.108. The predicted octanol–water partition coefficient (Wildman–Crippen LogP) is 1.91. The molecular formula is C6H11N3O. The van der Waals surface area contributed by atoms with Crippen molar-refractivity contribution in [3.05, 3.63) is 10.4 Å². The van der Waals surface area contributed by atoms with Crippen LogP contribution in [0, 0.1) is 5.92 Å². The van der Waals surface area contributed by atoms with Crippen LogP contribution in [-0.2, 0) is 4.79 Å². The van der Waals surface area contributed by atoms with E-state index in [-0.39, 0.29) is 0 Å². The van der Waals surface area contributed by atoms with Crippen LogP contribution in [0.25, 0.3) is 10.4 Å². The lowest BCUT2D eigenvalue weighted by atomic mass is 10.1. The molecular weight excluding hydrogens is 130 g/mol. The van der Waals surface area contributed by atoms with Crippen LogP contribution < -0.4 is 0 Å². The van der Waals surface area contributed by atoms with Gasteiger partial charge in [-0.2, -0.15) is 0 Å². The zero-order valence-electron chi connectivity index (χ0n) is 6.03. The monoisotopic (exact) mass is 141 g/mol. The molecule has 0 aliphatic rings. The number of rotatable bonds is 5. The van der Waals surface area contributed by atoms with E-state index in [9.17, 15) is 4.79 Å². The molecule has 10 heavy (non-hydrogen) atoms. The molecule has 1 atom stereocenters. The maximum Gasteiger partial charge on any atom is 0.120 e. The van der Waals surface area contributed by atoms with Gasteiger partial charge in [0.05, 0.1) is 0 Å². The van der Waals surface area contributed by atoms with Crippen molar-refractivity contribution in [3.8, 4) is 0 Å². The average molecular weight is 141 g/mol. The number of carbonyl (C=O) groups excluding carboxylic acids is 1. The number of aldehydes is 1. The molecule has 0 fully saturated rings. The molecule has 0 rings (SSSR count). The molecule has 0 aromatic carbocycles. The van der Waals surface area contributed by atoms with Gasteiger partial charge in [-0.25, -0.2) is 0 Å². The third-order valence-electron chi connectivity index (χ3n) is 1.28. The van der Waals surface area contributed by atoms with Gasteiger partial charge in [0.25, 0.3) is 0 Å². The Bertz CT molecular complexity index is 140. The Kier molecular flexibility index (Phi) is 5.48. The van der Waals surface area contributed by atoms with E-state index < -0.39 is 0 Å². The first kappa shape index (κ1) is 8.98. The summed E-state index contributed by atoms with van der Waals surface area (Å²) in [4.78, 5) is 12.5. The van der Waals surface area contributed by atoms with Crippen molar-refractivity contribution in [1.82, 2.24) is 0 Å². The van der Waals surface area contributed by atoms with Crippen LogP contribution in [0.2, 0.25) is 0 Å². The van der Waals surface area contributed by atoms with Crippen molar-refractivity contribution in [2.45, 2.75) is 19.8 Å². The van der Waals surface area contributed by atoms with E-state index in [1.54, 1.807) is 0 Å². The number of nitrogens with zero attached hydrogens (tertiary/aromatic N) is 3. The fourth-order valence-corrected chi connectivity index (χ4v) is 0.605. The van der Waals surface area contributed by atoms with Crippen LogP contribution >= 0.6 is 0 Å². The molecule has 0 saturated carbocycles. The quantitative estimate of drug-likeness (QED) is 0.249. The first-order chi connectivity index (χ1) is 4.81. The van der Waals surface area contributed by atoms with Crippen molar-refractivity contribution in [2.75, 3.05) is 6.54 Å². The maximum absolute atomic E-state index is 9.94. The summed E-state index contributed by atoms with van der Waals surface area (Å²) in [6.45, 7) is 2.45. The van der Waals surface area contributed by atoms with Gasteiger partial charge < -0.3 is 4.79 Å². The Morgan fingerprint density at radius 2 is 2.50 bits per heavy atom. The van der Waals surface area contributed by atoms with Crippen LogP contribution in [0.4, 0.5) is 0 Å². The summed E-state index contributed by atoms with van der Waals surface area (Å²) < 4.78 is 0. The topological polar surface area (TPSA) is 65.8 Å². The molecule has 0 aliphatic heterocycles. The summed E-state index contributed by atoms with van der Waals surface area (Å²) in [5.41, 5.74) is 7.90. The number of carbonyl (C=O) groups is 1. The molecule has 1 unspecified atom stereocenters. The second-order valence-electron chi connectivity index (χ2n) is 2.25. The summed E-state index contributed by atoms with van der Waals surface area (Å²) >= 11 is 0. The molecule has 0 saturated heterocycles. The molecule has 0 bridgehead atoms. The average Bonchev–Trinajstić information content (AvgIpc) is 1.89. The lowest BCUT2D eigenvalue weighted by Crippen LogP contribution is -1.96. The van der Waals surface area contributed by atoms with Crippen molar-refractivity contribution in [2.24, 2.45) is 11.0 Å². The number of hydrogen-bond acceptors (Lipinski definition) is 2. The molecule has 56 valence electrons. The number of hydrogen-bond donors (Lipinski definition) is 0. The molecule has 0 aromatic heterocycles. The fourth-order valence-electron chi connectivity index (χ4n) is 0.605. The Hall–Kier alpha value is -1.02. The van der Waals surface area contributed by atoms with Crippen molar-refractivity contribution < 1.29 is 4.79 Å². The SMILES string of the molecule is CC(CC=O)CCN=[N+]=[N-]. The van der Waals surface area contributed by atoms with Gasteiger partial charge in [-0.15, -0.1) is 0 Å². The molecule has 0 aliphatic carbocycles. The molecule has 4 heteroatoms. The molecule has 0 spiro atoms. The molecule has 0 N–H and O–H groups in total. The Morgan fingerprint density at radius 3 is 3.00 bits per heavy atom. The largest absolute Gasteiger partial charge is 0.303 e. The van der Waals surface area contributed by atoms with E-state index in [0.717, 1.165) is 12.7 Å². The summed E-state index contributed by atoms with van der Waals surface area (Å²) in [5, 5.41) is 3.36. The number of azide groups is 1. The third-order valence-corrected chi connectivity index (χ3v) is 1.28. The van der Waals surface area contributed by atoms with Crippen LogP contribution in [0.3, 0.4) is 0 Å².